The average Bonchev–Trinajstić information content (AvgIpc) is 1.11. The number of anilines is 6. The van der Waals surface area contributed by atoms with Crippen LogP contribution in [-0.4, -0.2) is 0 Å². The van der Waals surface area contributed by atoms with E-state index in [0.29, 0.717) is 0 Å². The molecule has 18 rings (SSSR count). The second-order valence-corrected chi connectivity index (χ2v) is 28.4. The third kappa shape index (κ3) is 7.97. The molecule has 3 aliphatic rings. The van der Waals surface area contributed by atoms with Crippen molar-refractivity contribution in [2.24, 2.45) is 0 Å². The Bertz CT molecular complexity index is 5520. The fourth-order valence-corrected chi connectivity index (χ4v) is 16.1. The Kier molecular flexibility index (Phi) is 12.0. The van der Waals surface area contributed by atoms with Crippen LogP contribution in [0.2, 0.25) is 0 Å². The standard InChI is InChI=1S/C45H39NO.C42H33NO2/c1-43(2)37-18-12-10-16-31(37)33-22-20-30(25-39(33)43)46(28-14-8-7-9-15-28)29-21-23-41-35(24-29)36-26-34-32-17-11-13-19-38(32)44(3,4)45(5,6)40(34)27-42(36)47-41;1-41(2)34-16-10-8-14-29(34)32-21-23-37-39(40(32)42(41,3)4)33-24-27(19-22-36(33)44-37)43(26-12-6-5-7-13-26)28-18-20-31-30-15-9-11-17-35(30)45-38(31)25-28/h7-27H,1-6H3;5-25H,1-4H3. The molecule has 0 radical (unpaired) electrons. The third-order valence-corrected chi connectivity index (χ3v) is 22.4. The highest BCUT2D eigenvalue weighted by atomic mass is 16.3. The van der Waals surface area contributed by atoms with E-state index >= 15 is 0 Å². The van der Waals surface area contributed by atoms with E-state index in [4.69, 9.17) is 13.3 Å². The summed E-state index contributed by atoms with van der Waals surface area (Å²) in [5, 5.41) is 6.88. The summed E-state index contributed by atoms with van der Waals surface area (Å²) >= 11 is 0. The molecule has 15 aromatic rings. The lowest BCUT2D eigenvalue weighted by Gasteiger charge is -2.48. The summed E-state index contributed by atoms with van der Waals surface area (Å²) in [4.78, 5) is 4.70. The minimum absolute atomic E-state index is 0.0224. The van der Waals surface area contributed by atoms with Crippen molar-refractivity contribution in [1.82, 2.24) is 0 Å². The lowest BCUT2D eigenvalue weighted by atomic mass is 9.55. The fraction of sp³-hybridized carbons (Fsp3) is 0.172. The van der Waals surface area contributed by atoms with Gasteiger partial charge in [-0.05, 0) is 192 Å². The summed E-state index contributed by atoms with van der Waals surface area (Å²) in [5.74, 6) is 0. The van der Waals surface area contributed by atoms with E-state index in [-0.39, 0.29) is 27.1 Å². The number of fused-ring (bicyclic) bond motifs is 19. The van der Waals surface area contributed by atoms with Gasteiger partial charge in [-0.25, -0.2) is 0 Å². The summed E-state index contributed by atoms with van der Waals surface area (Å²) in [6.07, 6.45) is 0. The van der Waals surface area contributed by atoms with Gasteiger partial charge in [0.1, 0.15) is 33.5 Å². The minimum atomic E-state index is -0.144. The Hall–Kier alpha value is -10.4. The second kappa shape index (κ2) is 19.8. The average molecular weight is 1190 g/mol. The largest absolute Gasteiger partial charge is 0.456 e. The highest BCUT2D eigenvalue weighted by molar-refractivity contribution is 6.13. The first-order chi connectivity index (χ1) is 44.4. The number of hydrogen-bond acceptors (Lipinski definition) is 5. The van der Waals surface area contributed by atoms with Crippen molar-refractivity contribution in [3.8, 4) is 33.4 Å². The van der Waals surface area contributed by atoms with Gasteiger partial charge in [-0.2, -0.15) is 0 Å². The van der Waals surface area contributed by atoms with Gasteiger partial charge in [0.15, 0.2) is 0 Å². The lowest BCUT2D eigenvalue weighted by molar-refractivity contribution is 0.299. The topological polar surface area (TPSA) is 45.9 Å². The van der Waals surface area contributed by atoms with E-state index in [1.165, 1.54) is 72.1 Å². The van der Waals surface area contributed by atoms with Gasteiger partial charge in [-0.1, -0.05) is 209 Å². The van der Waals surface area contributed by atoms with Crippen molar-refractivity contribution in [2.45, 2.75) is 96.3 Å². The summed E-state index contributed by atoms with van der Waals surface area (Å²) in [6.45, 7) is 23.7. The van der Waals surface area contributed by atoms with E-state index in [2.05, 4.69) is 322 Å². The Balaban J connectivity index is 0.000000141. The molecule has 3 aliphatic carbocycles. The molecule has 5 heteroatoms. The van der Waals surface area contributed by atoms with Crippen LogP contribution >= 0.6 is 0 Å². The SMILES string of the molecule is CC1(C)c2ccccc2-c2ccc(N(c3ccccc3)c3ccc4oc5cc6c(cc5c4c3)-c3ccccc3C(C)(C)C6(C)C)cc21.CC1(C)c2ccccc2-c2ccc3oc4ccc(N(c5ccccc5)c5ccc6c(c5)oc5ccccc56)cc4c3c2C1(C)C. The van der Waals surface area contributed by atoms with E-state index in [9.17, 15) is 0 Å². The van der Waals surface area contributed by atoms with E-state index in [1.54, 1.807) is 0 Å². The lowest BCUT2D eigenvalue weighted by Crippen LogP contribution is -2.43. The van der Waals surface area contributed by atoms with Crippen molar-refractivity contribution >= 4 is 99.9 Å². The first kappa shape index (κ1) is 55.7. The van der Waals surface area contributed by atoms with Gasteiger partial charge in [-0.15, -0.1) is 0 Å². The molecule has 12 aromatic carbocycles. The molecule has 448 valence electrons. The fourth-order valence-electron chi connectivity index (χ4n) is 16.1. The quantitative estimate of drug-likeness (QED) is 0.166. The van der Waals surface area contributed by atoms with E-state index in [0.717, 1.165) is 94.6 Å². The van der Waals surface area contributed by atoms with Gasteiger partial charge in [0.05, 0.1) is 0 Å². The van der Waals surface area contributed by atoms with Gasteiger partial charge < -0.3 is 23.1 Å². The second-order valence-electron chi connectivity index (χ2n) is 28.4. The van der Waals surface area contributed by atoms with Crippen LogP contribution in [-0.2, 0) is 27.1 Å². The maximum absolute atomic E-state index is 6.62. The first-order valence-electron chi connectivity index (χ1n) is 32.5. The molecule has 0 N–H and O–H groups in total. The van der Waals surface area contributed by atoms with Crippen LogP contribution in [0, 0.1) is 0 Å². The number of nitrogens with zero attached hydrogens (tertiary/aromatic N) is 2. The molecule has 0 saturated heterocycles. The molecule has 5 nitrogen and oxygen atoms in total. The molecule has 3 heterocycles. The zero-order valence-corrected chi connectivity index (χ0v) is 53.9. The molecule has 0 bridgehead atoms. The van der Waals surface area contributed by atoms with Crippen molar-refractivity contribution in [1.29, 1.82) is 0 Å². The summed E-state index contributed by atoms with van der Waals surface area (Å²) in [5.41, 5.74) is 27.8. The Morgan fingerprint density at radius 2 is 0.641 bits per heavy atom. The molecule has 0 aliphatic heterocycles. The van der Waals surface area contributed by atoms with Crippen molar-refractivity contribution in [2.75, 3.05) is 9.80 Å². The molecule has 92 heavy (non-hydrogen) atoms. The smallest absolute Gasteiger partial charge is 0.137 e. The van der Waals surface area contributed by atoms with Crippen LogP contribution in [0.5, 0.6) is 0 Å². The number of hydrogen-bond donors (Lipinski definition) is 0. The Morgan fingerprint density at radius 1 is 0.228 bits per heavy atom. The van der Waals surface area contributed by atoms with Gasteiger partial charge in [0, 0.05) is 83.3 Å². The normalized spacial score (nSPS) is 15.7. The minimum Gasteiger partial charge on any atom is -0.456 e. The summed E-state index contributed by atoms with van der Waals surface area (Å²) < 4.78 is 19.5. The number of benzene rings is 12. The molecule has 0 spiro atoms. The molecule has 3 aromatic heterocycles. The molecule has 0 amide bonds. The predicted molar refractivity (Wildman–Crippen MR) is 385 cm³/mol. The highest BCUT2D eigenvalue weighted by Crippen LogP contribution is 2.59. The highest BCUT2D eigenvalue weighted by Gasteiger charge is 2.48. The van der Waals surface area contributed by atoms with Crippen LogP contribution in [0.4, 0.5) is 34.1 Å². The Morgan fingerprint density at radius 3 is 1.30 bits per heavy atom. The molecule has 0 atom stereocenters. The van der Waals surface area contributed by atoms with Crippen LogP contribution in [0.3, 0.4) is 0 Å². The van der Waals surface area contributed by atoms with Crippen LogP contribution < -0.4 is 9.80 Å². The Labute approximate surface area is 537 Å². The summed E-state index contributed by atoms with van der Waals surface area (Å²) in [7, 11) is 0. The van der Waals surface area contributed by atoms with Crippen LogP contribution in [0.1, 0.15) is 103 Å². The maximum atomic E-state index is 6.62. The summed E-state index contributed by atoms with van der Waals surface area (Å²) in [6, 6.07) is 92.1. The number of para-hydroxylation sites is 3. The molecule has 0 fully saturated rings. The number of rotatable bonds is 6. The maximum Gasteiger partial charge on any atom is 0.137 e. The van der Waals surface area contributed by atoms with E-state index < -0.39 is 0 Å². The third-order valence-electron chi connectivity index (χ3n) is 22.4. The van der Waals surface area contributed by atoms with Gasteiger partial charge >= 0.3 is 0 Å². The first-order valence-corrected chi connectivity index (χ1v) is 32.5. The number of furan rings is 3. The van der Waals surface area contributed by atoms with Crippen LogP contribution in [0.15, 0.2) is 268 Å². The molecular weight excluding hydrogens is 1120 g/mol. The molecular formula is C87H72N2O3. The predicted octanol–water partition coefficient (Wildman–Crippen LogP) is 24.8. The van der Waals surface area contributed by atoms with Crippen molar-refractivity contribution in [3.05, 3.63) is 288 Å². The van der Waals surface area contributed by atoms with Crippen molar-refractivity contribution < 1.29 is 13.3 Å². The van der Waals surface area contributed by atoms with Gasteiger partial charge in [-0.3, -0.25) is 0 Å². The zero-order chi connectivity index (χ0) is 62.8. The van der Waals surface area contributed by atoms with Gasteiger partial charge in [0.2, 0.25) is 0 Å². The van der Waals surface area contributed by atoms with Crippen molar-refractivity contribution in [3.63, 3.8) is 0 Å². The zero-order valence-electron chi connectivity index (χ0n) is 53.9. The van der Waals surface area contributed by atoms with E-state index in [1.807, 2.05) is 12.1 Å². The molecule has 0 saturated carbocycles. The monoisotopic (exact) mass is 1190 g/mol. The van der Waals surface area contributed by atoms with Crippen LogP contribution in [0.25, 0.3) is 99.2 Å². The van der Waals surface area contributed by atoms with Gasteiger partial charge in [0.25, 0.3) is 0 Å². The molecule has 0 unspecified atom stereocenters.